The predicted molar refractivity (Wildman–Crippen MR) is 138 cm³/mol. The third-order valence-corrected chi connectivity index (χ3v) is 5.79. The lowest BCUT2D eigenvalue weighted by Crippen LogP contribution is -2.54. The summed E-state index contributed by atoms with van der Waals surface area (Å²) in [6.45, 7) is 0.0156. The second-order valence-corrected chi connectivity index (χ2v) is 8.38. The number of benzene rings is 3. The van der Waals surface area contributed by atoms with Crippen molar-refractivity contribution in [2.24, 2.45) is 0 Å². The van der Waals surface area contributed by atoms with Gasteiger partial charge in [-0.3, -0.25) is 35.1 Å². The van der Waals surface area contributed by atoms with E-state index in [1.165, 1.54) is 61.7 Å². The number of hydrogen-bond acceptors (Lipinski definition) is 9. The highest BCUT2D eigenvalue weighted by atomic mass is 35.5. The molecule has 198 valence electrons. The number of nitrogens with zero attached hydrogens (tertiary/aromatic N) is 3. The van der Waals surface area contributed by atoms with E-state index in [2.05, 4.69) is 5.32 Å². The fourth-order valence-electron chi connectivity index (χ4n) is 3.61. The molecule has 3 aromatic rings. The summed E-state index contributed by atoms with van der Waals surface area (Å²) in [4.78, 5) is 59.3. The maximum atomic E-state index is 13.1. The van der Waals surface area contributed by atoms with E-state index in [0.29, 0.717) is 10.5 Å². The van der Waals surface area contributed by atoms with Gasteiger partial charge in [-0.25, -0.2) is 9.69 Å². The first-order valence-corrected chi connectivity index (χ1v) is 11.4. The fourth-order valence-corrected chi connectivity index (χ4v) is 3.89. The van der Waals surface area contributed by atoms with Crippen LogP contribution in [0.2, 0.25) is 5.02 Å². The van der Waals surface area contributed by atoms with Crippen molar-refractivity contribution < 1.29 is 33.7 Å². The molecule has 0 saturated carbocycles. The van der Waals surface area contributed by atoms with E-state index < -0.39 is 33.3 Å². The molecule has 0 radical (unpaired) electrons. The van der Waals surface area contributed by atoms with Gasteiger partial charge in [-0.1, -0.05) is 11.6 Å². The number of carbonyl (C=O) groups excluding carboxylic acids is 3. The van der Waals surface area contributed by atoms with Crippen molar-refractivity contribution in [2.75, 3.05) is 12.0 Å². The van der Waals surface area contributed by atoms with Crippen molar-refractivity contribution in [1.29, 1.82) is 0 Å². The summed E-state index contributed by atoms with van der Waals surface area (Å²) in [7, 11) is 1.36. The van der Waals surface area contributed by atoms with Crippen molar-refractivity contribution in [2.45, 2.75) is 6.61 Å². The van der Waals surface area contributed by atoms with Gasteiger partial charge in [-0.15, -0.1) is 0 Å². The topological polar surface area (TPSA) is 171 Å². The van der Waals surface area contributed by atoms with Crippen LogP contribution in [0, 0.1) is 20.2 Å². The summed E-state index contributed by atoms with van der Waals surface area (Å²) >= 11 is 6.40. The minimum Gasteiger partial charge on any atom is -0.493 e. The molecule has 1 saturated heterocycles. The van der Waals surface area contributed by atoms with Crippen molar-refractivity contribution in [3.05, 3.63) is 103 Å². The molecule has 1 aliphatic rings. The molecular formula is C25H17ClN4O9. The van der Waals surface area contributed by atoms with Crippen LogP contribution in [0.3, 0.4) is 0 Å². The van der Waals surface area contributed by atoms with Crippen LogP contribution >= 0.6 is 11.6 Å². The highest BCUT2D eigenvalue weighted by Crippen LogP contribution is 2.38. The Hall–Kier alpha value is -5.30. The highest BCUT2D eigenvalue weighted by molar-refractivity contribution is 6.39. The SMILES string of the molecule is COc1cc(/C=C2\C(=O)NC(=O)N(c3ccc([N+](=O)[O-])cc3)C2=O)cc(Cl)c1OCc1ccc([N+](=O)[O-])cc1. The number of anilines is 1. The standard InChI is InChI=1S/C25H17ClN4O9/c1-38-21-12-15(11-20(26)22(21)39-13-14-2-4-17(5-3-14)29(34)35)10-19-23(31)27-25(33)28(24(19)32)16-6-8-18(9-7-16)30(36)37/h2-12H,13H2,1H3,(H,27,31,33)/b19-10+. The minimum absolute atomic E-state index is 0.0156. The number of nitrogens with one attached hydrogen (secondary N) is 1. The quantitative estimate of drug-likeness (QED) is 0.184. The summed E-state index contributed by atoms with van der Waals surface area (Å²) in [5.41, 5.74) is 0.217. The van der Waals surface area contributed by atoms with Crippen LogP contribution < -0.4 is 19.7 Å². The molecule has 13 nitrogen and oxygen atoms in total. The lowest BCUT2D eigenvalue weighted by molar-refractivity contribution is -0.385. The normalized spacial score (nSPS) is 14.3. The van der Waals surface area contributed by atoms with E-state index in [9.17, 15) is 34.6 Å². The summed E-state index contributed by atoms with van der Waals surface area (Å²) in [5, 5.41) is 23.9. The number of rotatable bonds is 8. The molecule has 0 unspecified atom stereocenters. The molecule has 14 heteroatoms. The number of amides is 4. The molecule has 0 aromatic heterocycles. The number of halogens is 1. The number of imide groups is 2. The molecule has 1 aliphatic heterocycles. The maximum absolute atomic E-state index is 13.1. The molecule has 0 bridgehead atoms. The van der Waals surface area contributed by atoms with Crippen LogP contribution in [0.5, 0.6) is 11.5 Å². The molecule has 39 heavy (non-hydrogen) atoms. The average molecular weight is 553 g/mol. The first-order chi connectivity index (χ1) is 18.6. The van der Waals surface area contributed by atoms with Crippen molar-refractivity contribution in [3.8, 4) is 11.5 Å². The second-order valence-electron chi connectivity index (χ2n) is 7.98. The number of carbonyl (C=O) groups is 3. The molecule has 1 fully saturated rings. The Balaban J connectivity index is 1.60. The van der Waals surface area contributed by atoms with E-state index in [1.807, 2.05) is 0 Å². The van der Waals surface area contributed by atoms with Crippen LogP contribution in [-0.4, -0.2) is 34.8 Å². The molecule has 3 aromatic carbocycles. The highest BCUT2D eigenvalue weighted by Gasteiger charge is 2.37. The van der Waals surface area contributed by atoms with Gasteiger partial charge in [-0.2, -0.15) is 0 Å². The lowest BCUT2D eigenvalue weighted by Gasteiger charge is -2.26. The zero-order valence-corrected chi connectivity index (χ0v) is 20.7. The first kappa shape index (κ1) is 26.8. The molecule has 4 rings (SSSR count). The number of urea groups is 1. The number of barbiturate groups is 1. The number of methoxy groups -OCH3 is 1. The van der Waals surface area contributed by atoms with Gasteiger partial charge in [0.05, 0.1) is 27.7 Å². The molecule has 4 amide bonds. The Morgan fingerprint density at radius 2 is 1.54 bits per heavy atom. The van der Waals surface area contributed by atoms with Gasteiger partial charge in [0.25, 0.3) is 23.2 Å². The lowest BCUT2D eigenvalue weighted by atomic mass is 10.1. The molecule has 0 atom stereocenters. The number of nitro groups is 2. The Kier molecular flexibility index (Phi) is 7.53. The Morgan fingerprint density at radius 3 is 2.10 bits per heavy atom. The van der Waals surface area contributed by atoms with Gasteiger partial charge in [0.2, 0.25) is 0 Å². The predicted octanol–water partition coefficient (Wildman–Crippen LogP) is 4.41. The summed E-state index contributed by atoms with van der Waals surface area (Å²) in [6.07, 6.45) is 1.21. The summed E-state index contributed by atoms with van der Waals surface area (Å²) < 4.78 is 11.1. The molecular weight excluding hydrogens is 536 g/mol. The van der Waals surface area contributed by atoms with Crippen LogP contribution in [-0.2, 0) is 16.2 Å². The van der Waals surface area contributed by atoms with E-state index >= 15 is 0 Å². The van der Waals surface area contributed by atoms with Gasteiger partial charge in [-0.05, 0) is 53.6 Å². The molecule has 0 spiro atoms. The third-order valence-electron chi connectivity index (χ3n) is 5.51. The van der Waals surface area contributed by atoms with Gasteiger partial charge in [0.15, 0.2) is 11.5 Å². The van der Waals surface area contributed by atoms with Crippen LogP contribution in [0.4, 0.5) is 21.9 Å². The fraction of sp³-hybridized carbons (Fsp3) is 0.0800. The monoisotopic (exact) mass is 552 g/mol. The Labute approximate surface area is 224 Å². The third kappa shape index (κ3) is 5.67. The van der Waals surface area contributed by atoms with Crippen molar-refractivity contribution >= 4 is 52.6 Å². The molecule has 0 aliphatic carbocycles. The largest absolute Gasteiger partial charge is 0.493 e. The zero-order chi connectivity index (χ0) is 28.3. The van der Waals surface area contributed by atoms with E-state index in [4.69, 9.17) is 21.1 Å². The summed E-state index contributed by atoms with van der Waals surface area (Å²) in [6, 6.07) is 12.2. The Morgan fingerprint density at radius 1 is 0.949 bits per heavy atom. The van der Waals surface area contributed by atoms with E-state index in [0.717, 1.165) is 12.1 Å². The van der Waals surface area contributed by atoms with Gasteiger partial charge in [0, 0.05) is 24.3 Å². The Bertz CT molecular complexity index is 1540. The first-order valence-electron chi connectivity index (χ1n) is 11.0. The van der Waals surface area contributed by atoms with Crippen molar-refractivity contribution in [1.82, 2.24) is 5.32 Å². The number of nitro benzene ring substituents is 2. The number of ether oxygens (including phenoxy) is 2. The molecule has 1 heterocycles. The van der Waals surface area contributed by atoms with Gasteiger partial charge >= 0.3 is 6.03 Å². The maximum Gasteiger partial charge on any atom is 0.335 e. The smallest absolute Gasteiger partial charge is 0.335 e. The van der Waals surface area contributed by atoms with Crippen LogP contribution in [0.1, 0.15) is 11.1 Å². The van der Waals surface area contributed by atoms with Crippen LogP contribution in [0.15, 0.2) is 66.2 Å². The van der Waals surface area contributed by atoms with Gasteiger partial charge in [0.1, 0.15) is 12.2 Å². The number of hydrogen-bond donors (Lipinski definition) is 1. The second kappa shape index (κ2) is 11.0. The number of non-ortho nitro benzene ring substituents is 2. The van der Waals surface area contributed by atoms with Gasteiger partial charge < -0.3 is 9.47 Å². The van der Waals surface area contributed by atoms with Crippen LogP contribution in [0.25, 0.3) is 6.08 Å². The van der Waals surface area contributed by atoms with E-state index in [1.54, 1.807) is 0 Å². The zero-order valence-electron chi connectivity index (χ0n) is 20.0. The minimum atomic E-state index is -1.01. The summed E-state index contributed by atoms with van der Waals surface area (Å²) in [5.74, 6) is -1.58. The van der Waals surface area contributed by atoms with Crippen molar-refractivity contribution in [3.63, 3.8) is 0 Å². The van der Waals surface area contributed by atoms with E-state index in [-0.39, 0.29) is 45.8 Å². The average Bonchev–Trinajstić information content (AvgIpc) is 2.90. The molecule has 1 N–H and O–H groups in total.